The van der Waals surface area contributed by atoms with Crippen molar-refractivity contribution in [3.8, 4) is 5.69 Å². The molecule has 1 aliphatic heterocycles. The molecule has 1 saturated heterocycles. The molecule has 110 valence electrons. The molecule has 0 saturated carbocycles. The van der Waals surface area contributed by atoms with Gasteiger partial charge in [0.05, 0.1) is 11.2 Å². The van der Waals surface area contributed by atoms with E-state index in [1.54, 1.807) is 6.20 Å². The van der Waals surface area contributed by atoms with Crippen LogP contribution in [0.25, 0.3) is 5.69 Å². The summed E-state index contributed by atoms with van der Waals surface area (Å²) in [6, 6.07) is 8.23. The average molecular weight is 284 g/mol. The van der Waals surface area contributed by atoms with Crippen molar-refractivity contribution in [3.05, 3.63) is 42.5 Å². The predicted octanol–water partition coefficient (Wildman–Crippen LogP) is 2.48. The summed E-state index contributed by atoms with van der Waals surface area (Å²) in [4.78, 5) is 4.24. The van der Waals surface area contributed by atoms with Gasteiger partial charge >= 0.3 is 7.12 Å². The lowest BCUT2D eigenvalue weighted by atomic mass is 9.79. The monoisotopic (exact) mass is 284 g/mol. The van der Waals surface area contributed by atoms with E-state index in [9.17, 15) is 0 Å². The minimum atomic E-state index is -0.312. The van der Waals surface area contributed by atoms with Crippen LogP contribution >= 0.6 is 0 Å². The topological polar surface area (TPSA) is 36.3 Å². The lowest BCUT2D eigenvalue weighted by Gasteiger charge is -2.32. The molecule has 3 rings (SSSR count). The third-order valence-corrected chi connectivity index (χ3v) is 4.52. The van der Waals surface area contributed by atoms with E-state index >= 15 is 0 Å². The second kappa shape index (κ2) is 4.72. The molecule has 0 amide bonds. The normalized spacial score (nSPS) is 20.0. The van der Waals surface area contributed by atoms with Gasteiger partial charge < -0.3 is 13.9 Å². The predicted molar refractivity (Wildman–Crippen MR) is 84.0 cm³/mol. The Labute approximate surface area is 126 Å². The SMILES string of the molecule is Cc1nccn1-c1ccc(B2OC(C)(C)C(C)(C)O2)cc1. The van der Waals surface area contributed by atoms with Crippen LogP contribution in [0.1, 0.15) is 33.5 Å². The Morgan fingerprint density at radius 1 is 1.00 bits per heavy atom. The third-order valence-electron chi connectivity index (χ3n) is 4.52. The third kappa shape index (κ3) is 2.41. The van der Waals surface area contributed by atoms with Gasteiger partial charge in [0.1, 0.15) is 5.82 Å². The highest BCUT2D eigenvalue weighted by Gasteiger charge is 2.51. The maximum atomic E-state index is 6.06. The van der Waals surface area contributed by atoms with Crippen molar-refractivity contribution < 1.29 is 9.31 Å². The molecule has 0 radical (unpaired) electrons. The highest BCUT2D eigenvalue weighted by atomic mass is 16.7. The van der Waals surface area contributed by atoms with Gasteiger partial charge in [-0.2, -0.15) is 0 Å². The largest absolute Gasteiger partial charge is 0.494 e. The number of aryl methyl sites for hydroxylation is 1. The summed E-state index contributed by atoms with van der Waals surface area (Å²) >= 11 is 0. The van der Waals surface area contributed by atoms with Gasteiger partial charge in [-0.3, -0.25) is 0 Å². The van der Waals surface area contributed by atoms with Gasteiger partial charge in [-0.1, -0.05) is 12.1 Å². The molecule has 0 spiro atoms. The summed E-state index contributed by atoms with van der Waals surface area (Å²) in [5, 5.41) is 0. The average Bonchev–Trinajstić information content (AvgIpc) is 2.92. The molecule has 0 aliphatic carbocycles. The minimum absolute atomic E-state index is 0.308. The molecule has 1 fully saturated rings. The lowest BCUT2D eigenvalue weighted by Crippen LogP contribution is -2.41. The molecule has 2 aromatic rings. The number of benzene rings is 1. The van der Waals surface area contributed by atoms with E-state index in [1.165, 1.54) is 0 Å². The van der Waals surface area contributed by atoms with E-state index in [0.717, 1.165) is 17.0 Å². The highest BCUT2D eigenvalue weighted by molar-refractivity contribution is 6.62. The van der Waals surface area contributed by atoms with Crippen molar-refractivity contribution in [1.82, 2.24) is 9.55 Å². The van der Waals surface area contributed by atoms with Gasteiger partial charge in [-0.05, 0) is 52.2 Å². The fourth-order valence-corrected chi connectivity index (χ4v) is 2.42. The molecule has 5 heteroatoms. The van der Waals surface area contributed by atoms with Crippen LogP contribution in [0.15, 0.2) is 36.7 Å². The number of rotatable bonds is 2. The van der Waals surface area contributed by atoms with Crippen LogP contribution in [0.5, 0.6) is 0 Å². The number of aromatic nitrogens is 2. The van der Waals surface area contributed by atoms with Gasteiger partial charge in [0.2, 0.25) is 0 Å². The van der Waals surface area contributed by atoms with E-state index < -0.39 is 0 Å². The fraction of sp³-hybridized carbons (Fsp3) is 0.438. The molecule has 1 aliphatic rings. The summed E-state index contributed by atoms with van der Waals surface area (Å²) < 4.78 is 14.2. The smallest absolute Gasteiger partial charge is 0.399 e. The molecule has 0 atom stereocenters. The number of nitrogens with zero attached hydrogens (tertiary/aromatic N) is 2. The van der Waals surface area contributed by atoms with Crippen LogP contribution in [0.4, 0.5) is 0 Å². The molecule has 0 unspecified atom stereocenters. The molecular weight excluding hydrogens is 263 g/mol. The summed E-state index contributed by atoms with van der Waals surface area (Å²) in [7, 11) is -0.312. The van der Waals surface area contributed by atoms with Gasteiger partial charge in [0.25, 0.3) is 0 Å². The molecule has 2 heterocycles. The van der Waals surface area contributed by atoms with Gasteiger partial charge in [0, 0.05) is 18.1 Å². The van der Waals surface area contributed by atoms with E-state index in [2.05, 4.69) is 56.9 Å². The summed E-state index contributed by atoms with van der Waals surface area (Å²) in [6.07, 6.45) is 3.76. The molecule has 1 aromatic heterocycles. The second-order valence-corrected chi connectivity index (χ2v) is 6.52. The number of hydrogen-bond donors (Lipinski definition) is 0. The molecule has 4 nitrogen and oxygen atoms in total. The van der Waals surface area contributed by atoms with Crippen LogP contribution < -0.4 is 5.46 Å². The van der Waals surface area contributed by atoms with Crippen molar-refractivity contribution >= 4 is 12.6 Å². The Morgan fingerprint density at radius 2 is 1.57 bits per heavy atom. The molecule has 1 aromatic carbocycles. The second-order valence-electron chi connectivity index (χ2n) is 6.52. The Morgan fingerprint density at radius 3 is 2.05 bits per heavy atom. The first-order chi connectivity index (χ1) is 9.80. The molecular formula is C16H21BN2O2. The number of hydrogen-bond acceptors (Lipinski definition) is 3. The minimum Gasteiger partial charge on any atom is -0.399 e. The first-order valence-electron chi connectivity index (χ1n) is 7.26. The van der Waals surface area contributed by atoms with Crippen molar-refractivity contribution in [1.29, 1.82) is 0 Å². The van der Waals surface area contributed by atoms with Crippen molar-refractivity contribution in [2.45, 2.75) is 45.8 Å². The van der Waals surface area contributed by atoms with E-state index in [4.69, 9.17) is 9.31 Å². The Hall–Kier alpha value is -1.59. The summed E-state index contributed by atoms with van der Waals surface area (Å²) in [5.41, 5.74) is 1.51. The van der Waals surface area contributed by atoms with Crippen molar-refractivity contribution in [2.75, 3.05) is 0 Å². The first-order valence-corrected chi connectivity index (χ1v) is 7.26. The van der Waals surface area contributed by atoms with Crippen LogP contribution in [0.3, 0.4) is 0 Å². The van der Waals surface area contributed by atoms with E-state index in [1.807, 2.05) is 17.7 Å². The summed E-state index contributed by atoms with van der Waals surface area (Å²) in [6.45, 7) is 10.3. The fourth-order valence-electron chi connectivity index (χ4n) is 2.42. The Bertz CT molecular complexity index is 631. The maximum Gasteiger partial charge on any atom is 0.494 e. The Balaban J connectivity index is 1.85. The zero-order chi connectivity index (χ0) is 15.3. The van der Waals surface area contributed by atoms with Crippen molar-refractivity contribution in [2.24, 2.45) is 0 Å². The molecule has 0 bridgehead atoms. The summed E-state index contributed by atoms with van der Waals surface area (Å²) in [5.74, 6) is 0.971. The standard InChI is InChI=1S/C16H21BN2O2/c1-12-18-10-11-19(12)14-8-6-13(7-9-14)17-20-15(2,3)16(4,5)21-17/h6-11H,1-5H3. The zero-order valence-corrected chi connectivity index (χ0v) is 13.3. The van der Waals surface area contributed by atoms with Crippen LogP contribution in [0.2, 0.25) is 0 Å². The maximum absolute atomic E-state index is 6.06. The Kier molecular flexibility index (Phi) is 3.22. The van der Waals surface area contributed by atoms with Crippen LogP contribution in [-0.2, 0) is 9.31 Å². The molecule has 21 heavy (non-hydrogen) atoms. The van der Waals surface area contributed by atoms with Gasteiger partial charge in [0.15, 0.2) is 0 Å². The van der Waals surface area contributed by atoms with Crippen LogP contribution in [-0.4, -0.2) is 27.9 Å². The molecule has 0 N–H and O–H groups in total. The quantitative estimate of drug-likeness (QED) is 0.795. The van der Waals surface area contributed by atoms with Gasteiger partial charge in [-0.25, -0.2) is 4.98 Å². The highest BCUT2D eigenvalue weighted by Crippen LogP contribution is 2.36. The van der Waals surface area contributed by atoms with Gasteiger partial charge in [-0.15, -0.1) is 0 Å². The van der Waals surface area contributed by atoms with E-state index in [0.29, 0.717) is 0 Å². The van der Waals surface area contributed by atoms with Crippen LogP contribution in [0, 0.1) is 6.92 Å². The number of imidazole rings is 1. The lowest BCUT2D eigenvalue weighted by molar-refractivity contribution is 0.00578. The van der Waals surface area contributed by atoms with E-state index in [-0.39, 0.29) is 18.3 Å². The first kappa shape index (κ1) is 14.4. The zero-order valence-electron chi connectivity index (χ0n) is 13.3. The van der Waals surface area contributed by atoms with Crippen molar-refractivity contribution in [3.63, 3.8) is 0 Å².